The summed E-state index contributed by atoms with van der Waals surface area (Å²) in [5.74, 6) is -0.142. The standard InChI is InChI=1S/C20H23ClN2O6/c1-11-12(2)29-13(3)19(11)20(26)28-10-18(25)23(4)9-17(24)22-15-8-14(21)6-7-16(15)27-5/h6-8H,9-10H2,1-5H3,(H,22,24). The van der Waals surface area contributed by atoms with Gasteiger partial charge in [-0.05, 0) is 39.0 Å². The summed E-state index contributed by atoms with van der Waals surface area (Å²) >= 11 is 5.93. The maximum absolute atomic E-state index is 12.2. The van der Waals surface area contributed by atoms with Crippen molar-refractivity contribution >= 4 is 35.1 Å². The molecule has 0 radical (unpaired) electrons. The number of furan rings is 1. The Morgan fingerprint density at radius 1 is 1.17 bits per heavy atom. The number of nitrogens with zero attached hydrogens (tertiary/aromatic N) is 1. The Morgan fingerprint density at radius 3 is 2.45 bits per heavy atom. The second-order valence-corrected chi connectivity index (χ2v) is 6.87. The number of aryl methyl sites for hydroxylation is 2. The van der Waals surface area contributed by atoms with Crippen molar-refractivity contribution in [3.8, 4) is 5.75 Å². The summed E-state index contributed by atoms with van der Waals surface area (Å²) in [6.45, 7) is 4.40. The molecule has 1 N–H and O–H groups in total. The number of esters is 1. The molecule has 2 rings (SSSR count). The fourth-order valence-electron chi connectivity index (χ4n) is 2.67. The van der Waals surface area contributed by atoms with Crippen molar-refractivity contribution in [1.29, 1.82) is 0 Å². The zero-order valence-corrected chi connectivity index (χ0v) is 17.7. The van der Waals surface area contributed by atoms with Crippen molar-refractivity contribution < 1.29 is 28.3 Å². The van der Waals surface area contributed by atoms with Crippen LogP contribution in [0.4, 0.5) is 5.69 Å². The number of nitrogens with one attached hydrogen (secondary N) is 1. The van der Waals surface area contributed by atoms with Crippen molar-refractivity contribution in [3.63, 3.8) is 0 Å². The molecule has 29 heavy (non-hydrogen) atoms. The molecule has 0 aliphatic rings. The van der Waals surface area contributed by atoms with E-state index in [2.05, 4.69) is 5.32 Å². The van der Waals surface area contributed by atoms with Crippen molar-refractivity contribution in [1.82, 2.24) is 4.90 Å². The van der Waals surface area contributed by atoms with Gasteiger partial charge in [-0.3, -0.25) is 9.59 Å². The molecule has 0 unspecified atom stereocenters. The summed E-state index contributed by atoms with van der Waals surface area (Å²) in [5.41, 5.74) is 1.37. The quantitative estimate of drug-likeness (QED) is 0.688. The first-order valence-corrected chi connectivity index (χ1v) is 9.12. The zero-order chi connectivity index (χ0) is 21.7. The van der Waals surface area contributed by atoms with Crippen LogP contribution in [0, 0.1) is 20.8 Å². The molecular formula is C20H23ClN2O6. The number of amides is 2. The lowest BCUT2D eigenvalue weighted by Gasteiger charge is -2.17. The van der Waals surface area contributed by atoms with Gasteiger partial charge in [-0.2, -0.15) is 0 Å². The number of ether oxygens (including phenoxy) is 2. The van der Waals surface area contributed by atoms with Crippen LogP contribution in [-0.2, 0) is 14.3 Å². The lowest BCUT2D eigenvalue weighted by Crippen LogP contribution is -2.37. The number of likely N-dealkylation sites (N-methyl/N-ethyl adjacent to an activating group) is 1. The highest BCUT2D eigenvalue weighted by molar-refractivity contribution is 6.31. The van der Waals surface area contributed by atoms with Gasteiger partial charge in [-0.1, -0.05) is 11.6 Å². The maximum Gasteiger partial charge on any atom is 0.342 e. The Hall–Kier alpha value is -3.00. The molecule has 156 valence electrons. The van der Waals surface area contributed by atoms with Crippen LogP contribution in [-0.4, -0.2) is 50.0 Å². The lowest BCUT2D eigenvalue weighted by atomic mass is 10.1. The maximum atomic E-state index is 12.2. The van der Waals surface area contributed by atoms with E-state index < -0.39 is 24.4 Å². The Bertz CT molecular complexity index is 937. The summed E-state index contributed by atoms with van der Waals surface area (Å²) in [6.07, 6.45) is 0. The second kappa shape index (κ2) is 9.47. The average Bonchev–Trinajstić information content (AvgIpc) is 2.91. The van der Waals surface area contributed by atoms with Gasteiger partial charge in [0.2, 0.25) is 5.91 Å². The predicted octanol–water partition coefficient (Wildman–Crippen LogP) is 3.12. The van der Waals surface area contributed by atoms with Crippen LogP contribution in [0.25, 0.3) is 0 Å². The van der Waals surface area contributed by atoms with E-state index in [1.54, 1.807) is 39.0 Å². The van der Waals surface area contributed by atoms with Crippen LogP contribution in [0.3, 0.4) is 0 Å². The number of rotatable bonds is 7. The molecule has 0 aliphatic carbocycles. The normalized spacial score (nSPS) is 10.4. The largest absolute Gasteiger partial charge is 0.495 e. The molecule has 1 heterocycles. The van der Waals surface area contributed by atoms with Gasteiger partial charge in [0.1, 0.15) is 22.8 Å². The van der Waals surface area contributed by atoms with E-state index in [0.29, 0.717) is 39.1 Å². The molecule has 0 fully saturated rings. The number of hydrogen-bond acceptors (Lipinski definition) is 6. The van der Waals surface area contributed by atoms with E-state index in [-0.39, 0.29) is 6.54 Å². The van der Waals surface area contributed by atoms with Gasteiger partial charge >= 0.3 is 5.97 Å². The number of halogens is 1. The molecule has 9 heteroatoms. The molecule has 0 saturated heterocycles. The number of hydrogen-bond donors (Lipinski definition) is 1. The third-order valence-corrected chi connectivity index (χ3v) is 4.57. The third-order valence-electron chi connectivity index (χ3n) is 4.33. The number of carbonyl (C=O) groups excluding carboxylic acids is 3. The summed E-state index contributed by atoms with van der Waals surface area (Å²) in [4.78, 5) is 37.8. The first kappa shape index (κ1) is 22.3. The highest BCUT2D eigenvalue weighted by Crippen LogP contribution is 2.27. The molecule has 0 spiro atoms. The molecule has 0 saturated carbocycles. The fraction of sp³-hybridized carbons (Fsp3) is 0.350. The van der Waals surface area contributed by atoms with Crippen LogP contribution in [0.1, 0.15) is 27.4 Å². The van der Waals surface area contributed by atoms with Gasteiger partial charge in [-0.15, -0.1) is 0 Å². The summed E-state index contributed by atoms with van der Waals surface area (Å²) in [5, 5.41) is 3.06. The van der Waals surface area contributed by atoms with Gasteiger partial charge in [-0.25, -0.2) is 4.79 Å². The summed E-state index contributed by atoms with van der Waals surface area (Å²) < 4.78 is 15.6. The smallest absolute Gasteiger partial charge is 0.342 e. The molecule has 2 aromatic rings. The molecule has 1 aromatic carbocycles. The van der Waals surface area contributed by atoms with Gasteiger partial charge in [0.05, 0.1) is 19.3 Å². The number of methoxy groups -OCH3 is 1. The monoisotopic (exact) mass is 422 g/mol. The molecule has 8 nitrogen and oxygen atoms in total. The lowest BCUT2D eigenvalue weighted by molar-refractivity contribution is -0.136. The van der Waals surface area contributed by atoms with E-state index in [0.717, 1.165) is 4.90 Å². The Balaban J connectivity index is 1.91. The molecule has 0 bridgehead atoms. The van der Waals surface area contributed by atoms with Gasteiger partial charge in [0.15, 0.2) is 6.61 Å². The van der Waals surface area contributed by atoms with E-state index >= 15 is 0 Å². The molecule has 0 aliphatic heterocycles. The van der Waals surface area contributed by atoms with Gasteiger partial charge in [0, 0.05) is 17.6 Å². The van der Waals surface area contributed by atoms with Gasteiger partial charge < -0.3 is 24.1 Å². The van der Waals surface area contributed by atoms with E-state index in [1.165, 1.54) is 14.2 Å². The fourth-order valence-corrected chi connectivity index (χ4v) is 2.85. The number of benzene rings is 1. The second-order valence-electron chi connectivity index (χ2n) is 6.43. The van der Waals surface area contributed by atoms with Crippen molar-refractivity contribution in [2.24, 2.45) is 0 Å². The van der Waals surface area contributed by atoms with Crippen LogP contribution >= 0.6 is 11.6 Å². The topological polar surface area (TPSA) is 98.1 Å². The Morgan fingerprint density at radius 2 is 1.86 bits per heavy atom. The summed E-state index contributed by atoms with van der Waals surface area (Å²) in [6, 6.07) is 4.79. The molecule has 0 atom stereocenters. The zero-order valence-electron chi connectivity index (χ0n) is 16.9. The SMILES string of the molecule is COc1ccc(Cl)cc1NC(=O)CN(C)C(=O)COC(=O)c1c(C)oc(C)c1C. The summed E-state index contributed by atoms with van der Waals surface area (Å²) in [7, 11) is 2.90. The predicted molar refractivity (Wildman–Crippen MR) is 107 cm³/mol. The highest BCUT2D eigenvalue weighted by atomic mass is 35.5. The van der Waals surface area contributed by atoms with Crippen LogP contribution in [0.2, 0.25) is 5.02 Å². The van der Waals surface area contributed by atoms with Crippen LogP contribution < -0.4 is 10.1 Å². The third kappa shape index (κ3) is 5.51. The minimum absolute atomic E-state index is 0.241. The Kier molecular flexibility index (Phi) is 7.28. The van der Waals surface area contributed by atoms with Crippen molar-refractivity contribution in [2.45, 2.75) is 20.8 Å². The molecule has 2 amide bonds. The van der Waals surface area contributed by atoms with E-state index in [4.69, 9.17) is 25.5 Å². The van der Waals surface area contributed by atoms with E-state index in [9.17, 15) is 14.4 Å². The van der Waals surface area contributed by atoms with Gasteiger partial charge in [0.25, 0.3) is 5.91 Å². The number of carbonyl (C=O) groups is 3. The number of anilines is 1. The molecular weight excluding hydrogens is 400 g/mol. The Labute approximate surface area is 173 Å². The first-order valence-electron chi connectivity index (χ1n) is 8.75. The average molecular weight is 423 g/mol. The molecule has 1 aromatic heterocycles. The highest BCUT2D eigenvalue weighted by Gasteiger charge is 2.22. The minimum Gasteiger partial charge on any atom is -0.495 e. The first-order chi connectivity index (χ1) is 13.6. The van der Waals surface area contributed by atoms with E-state index in [1.807, 2.05) is 0 Å². The van der Waals surface area contributed by atoms with Crippen molar-refractivity contribution in [2.75, 3.05) is 32.6 Å². The van der Waals surface area contributed by atoms with Crippen LogP contribution in [0.15, 0.2) is 22.6 Å². The minimum atomic E-state index is -0.647. The van der Waals surface area contributed by atoms with Crippen molar-refractivity contribution in [3.05, 3.63) is 45.9 Å². The van der Waals surface area contributed by atoms with Crippen LogP contribution in [0.5, 0.6) is 5.75 Å².